The molecule has 0 radical (unpaired) electrons. The maximum atomic E-state index is 10.7. The lowest BCUT2D eigenvalue weighted by Crippen LogP contribution is -2.01. The number of aromatic nitrogens is 3. The molecule has 2 heterocycles. The Morgan fingerprint density at radius 1 is 0.871 bits per heavy atom. The van der Waals surface area contributed by atoms with Gasteiger partial charge in [-0.25, -0.2) is 9.67 Å². The number of hydrogen-bond acceptors (Lipinski definition) is 4. The van der Waals surface area contributed by atoms with E-state index in [0.29, 0.717) is 28.0 Å². The molecule has 0 aliphatic rings. The van der Waals surface area contributed by atoms with Gasteiger partial charge in [0.05, 0.1) is 28.0 Å². The molecular formula is C26H18N4O. The highest BCUT2D eigenvalue weighted by Gasteiger charge is 2.24. The SMILES string of the molecule is Cc1nn(-c2ccccc2)c2nc(-c3ccccc3)c(C#N)c(-c3ccccc3O)c12. The topological polar surface area (TPSA) is 74.7 Å². The van der Waals surface area contributed by atoms with Gasteiger partial charge >= 0.3 is 0 Å². The van der Waals surface area contributed by atoms with Gasteiger partial charge in [0.1, 0.15) is 11.8 Å². The minimum atomic E-state index is 0.109. The van der Waals surface area contributed by atoms with Gasteiger partial charge in [0, 0.05) is 16.7 Å². The van der Waals surface area contributed by atoms with E-state index in [-0.39, 0.29) is 5.75 Å². The van der Waals surface area contributed by atoms with Crippen molar-refractivity contribution in [2.75, 3.05) is 0 Å². The van der Waals surface area contributed by atoms with Crippen molar-refractivity contribution in [3.05, 3.63) is 96.2 Å². The van der Waals surface area contributed by atoms with Gasteiger partial charge in [0.25, 0.3) is 0 Å². The fourth-order valence-electron chi connectivity index (χ4n) is 3.93. The fraction of sp³-hybridized carbons (Fsp3) is 0.0385. The zero-order valence-electron chi connectivity index (χ0n) is 16.8. The molecule has 0 aliphatic heterocycles. The summed E-state index contributed by atoms with van der Waals surface area (Å²) in [5.74, 6) is 0.109. The largest absolute Gasteiger partial charge is 0.507 e. The summed E-state index contributed by atoms with van der Waals surface area (Å²) in [6, 6.07) is 28.8. The number of aryl methyl sites for hydroxylation is 1. The highest BCUT2D eigenvalue weighted by Crippen LogP contribution is 2.41. The number of nitrogens with zero attached hydrogens (tertiary/aromatic N) is 4. The van der Waals surface area contributed by atoms with Crippen molar-refractivity contribution in [3.63, 3.8) is 0 Å². The third kappa shape index (κ3) is 3.02. The third-order valence-electron chi connectivity index (χ3n) is 5.32. The Morgan fingerprint density at radius 3 is 2.19 bits per heavy atom. The minimum absolute atomic E-state index is 0.109. The summed E-state index contributed by atoms with van der Waals surface area (Å²) in [6.45, 7) is 1.90. The van der Waals surface area contributed by atoms with Crippen molar-refractivity contribution in [1.82, 2.24) is 14.8 Å². The summed E-state index contributed by atoms with van der Waals surface area (Å²) < 4.78 is 1.79. The molecule has 0 fully saturated rings. The second-order valence-electron chi connectivity index (χ2n) is 7.24. The molecule has 5 nitrogen and oxygen atoms in total. The number of phenolic OH excluding ortho intramolecular Hbond substituents is 1. The third-order valence-corrected chi connectivity index (χ3v) is 5.32. The first-order valence-electron chi connectivity index (χ1n) is 9.91. The number of pyridine rings is 1. The lowest BCUT2D eigenvalue weighted by atomic mass is 9.93. The molecule has 31 heavy (non-hydrogen) atoms. The maximum Gasteiger partial charge on any atom is 0.164 e. The van der Waals surface area contributed by atoms with E-state index in [4.69, 9.17) is 10.1 Å². The summed E-state index contributed by atoms with van der Waals surface area (Å²) in [5, 5.41) is 26.4. The van der Waals surface area contributed by atoms with Crippen LogP contribution in [-0.4, -0.2) is 19.9 Å². The lowest BCUT2D eigenvalue weighted by Gasteiger charge is -2.13. The van der Waals surface area contributed by atoms with Gasteiger partial charge in [0.2, 0.25) is 0 Å². The summed E-state index contributed by atoms with van der Waals surface area (Å²) >= 11 is 0. The molecule has 2 aromatic heterocycles. The molecule has 5 rings (SSSR count). The van der Waals surface area contributed by atoms with Crippen molar-refractivity contribution in [2.24, 2.45) is 0 Å². The van der Waals surface area contributed by atoms with Crippen LogP contribution in [0.2, 0.25) is 0 Å². The first kappa shape index (κ1) is 18.6. The first-order chi connectivity index (χ1) is 15.2. The fourth-order valence-corrected chi connectivity index (χ4v) is 3.93. The van der Waals surface area contributed by atoms with Gasteiger partial charge in [-0.1, -0.05) is 66.7 Å². The normalized spacial score (nSPS) is 10.8. The zero-order valence-corrected chi connectivity index (χ0v) is 16.8. The lowest BCUT2D eigenvalue weighted by molar-refractivity contribution is 0.477. The highest BCUT2D eigenvalue weighted by atomic mass is 16.3. The average Bonchev–Trinajstić information content (AvgIpc) is 3.15. The van der Waals surface area contributed by atoms with Crippen LogP contribution in [0.25, 0.3) is 39.1 Å². The van der Waals surface area contributed by atoms with Crippen LogP contribution < -0.4 is 0 Å². The number of nitriles is 1. The Morgan fingerprint density at radius 2 is 1.52 bits per heavy atom. The molecule has 0 bridgehead atoms. The van der Waals surface area contributed by atoms with Crippen molar-refractivity contribution in [3.8, 4) is 39.9 Å². The van der Waals surface area contributed by atoms with Gasteiger partial charge in [-0.15, -0.1) is 0 Å². The smallest absolute Gasteiger partial charge is 0.164 e. The number of phenols is 1. The monoisotopic (exact) mass is 402 g/mol. The van der Waals surface area contributed by atoms with Crippen LogP contribution in [0.1, 0.15) is 11.3 Å². The molecule has 0 spiro atoms. The van der Waals surface area contributed by atoms with Crippen molar-refractivity contribution in [1.29, 1.82) is 5.26 Å². The van der Waals surface area contributed by atoms with Crippen LogP contribution in [0.15, 0.2) is 84.9 Å². The Kier molecular flexibility index (Phi) is 4.46. The number of rotatable bonds is 3. The van der Waals surface area contributed by atoms with Crippen LogP contribution in [-0.2, 0) is 0 Å². The predicted octanol–water partition coefficient (Wildman–Crippen LogP) is 5.64. The van der Waals surface area contributed by atoms with Crippen LogP contribution in [0.4, 0.5) is 0 Å². The number of hydrogen-bond donors (Lipinski definition) is 1. The highest BCUT2D eigenvalue weighted by molar-refractivity contribution is 6.02. The molecule has 3 aromatic carbocycles. The summed E-state index contributed by atoms with van der Waals surface area (Å²) in [4.78, 5) is 4.93. The van der Waals surface area contributed by atoms with Crippen molar-refractivity contribution < 1.29 is 5.11 Å². The van der Waals surface area contributed by atoms with E-state index in [1.165, 1.54) is 0 Å². The molecule has 0 saturated carbocycles. The van der Waals surface area contributed by atoms with Crippen LogP contribution >= 0.6 is 0 Å². The molecule has 5 heteroatoms. The summed E-state index contributed by atoms with van der Waals surface area (Å²) in [6.07, 6.45) is 0. The van der Waals surface area contributed by atoms with E-state index >= 15 is 0 Å². The number of fused-ring (bicyclic) bond motifs is 1. The van der Waals surface area contributed by atoms with Crippen LogP contribution in [0.3, 0.4) is 0 Å². The Labute approximate surface area is 179 Å². The van der Waals surface area contributed by atoms with E-state index < -0.39 is 0 Å². The van der Waals surface area contributed by atoms with Gasteiger partial charge in [-0.05, 0) is 25.1 Å². The van der Waals surface area contributed by atoms with E-state index in [1.54, 1.807) is 16.8 Å². The number of para-hydroxylation sites is 2. The second-order valence-corrected chi connectivity index (χ2v) is 7.24. The first-order valence-corrected chi connectivity index (χ1v) is 9.91. The molecule has 0 atom stereocenters. The van der Waals surface area contributed by atoms with Crippen LogP contribution in [0.5, 0.6) is 5.75 Å². The molecule has 0 unspecified atom stereocenters. The second kappa shape index (κ2) is 7.43. The minimum Gasteiger partial charge on any atom is -0.507 e. The van der Waals surface area contributed by atoms with Crippen molar-refractivity contribution in [2.45, 2.75) is 6.92 Å². The average molecular weight is 402 g/mol. The molecular weight excluding hydrogens is 384 g/mol. The number of benzene rings is 3. The van der Waals surface area contributed by atoms with E-state index in [2.05, 4.69) is 6.07 Å². The summed E-state index contributed by atoms with van der Waals surface area (Å²) in [5.41, 5.74) is 5.28. The van der Waals surface area contributed by atoms with E-state index in [1.807, 2.05) is 79.7 Å². The summed E-state index contributed by atoms with van der Waals surface area (Å²) in [7, 11) is 0. The maximum absolute atomic E-state index is 10.7. The Bertz CT molecular complexity index is 1450. The van der Waals surface area contributed by atoms with Gasteiger partial charge in [-0.3, -0.25) is 0 Å². The molecule has 148 valence electrons. The molecule has 0 amide bonds. The molecule has 1 N–H and O–H groups in total. The van der Waals surface area contributed by atoms with Gasteiger partial charge in [-0.2, -0.15) is 10.4 Å². The Hall–Kier alpha value is -4.43. The van der Waals surface area contributed by atoms with Gasteiger partial charge < -0.3 is 5.11 Å². The standard InChI is InChI=1S/C26H18N4O/c1-17-23-24(20-14-8-9-15-22(20)31)21(16-27)25(18-10-4-2-5-11-18)28-26(23)30(29-17)19-12-6-3-7-13-19/h2-15,31H,1H3. The van der Waals surface area contributed by atoms with E-state index in [9.17, 15) is 10.4 Å². The van der Waals surface area contributed by atoms with E-state index in [0.717, 1.165) is 22.3 Å². The number of aromatic hydroxyl groups is 1. The molecule has 0 aliphatic carbocycles. The van der Waals surface area contributed by atoms with Crippen molar-refractivity contribution >= 4 is 11.0 Å². The van der Waals surface area contributed by atoms with Gasteiger partial charge in [0.15, 0.2) is 5.65 Å². The quantitative estimate of drug-likeness (QED) is 0.424. The predicted molar refractivity (Wildman–Crippen MR) is 121 cm³/mol. The molecule has 5 aromatic rings. The molecule has 0 saturated heterocycles. The Balaban J connectivity index is 1.98. The van der Waals surface area contributed by atoms with Crippen LogP contribution in [0, 0.1) is 18.3 Å². The zero-order chi connectivity index (χ0) is 21.4.